The van der Waals surface area contributed by atoms with E-state index < -0.39 is 39.7 Å². The maximum atomic E-state index is 14.8. The minimum Gasteiger partial charge on any atom is -0.494 e. The highest BCUT2D eigenvalue weighted by atomic mass is 35.5. The van der Waals surface area contributed by atoms with Gasteiger partial charge in [0.15, 0.2) is 23.1 Å². The Morgan fingerprint density at radius 1 is 1.18 bits per heavy atom. The van der Waals surface area contributed by atoms with Crippen LogP contribution in [0.2, 0.25) is 0 Å². The fourth-order valence-corrected chi connectivity index (χ4v) is 7.33. The molecule has 0 aliphatic carbocycles. The van der Waals surface area contributed by atoms with Gasteiger partial charge in [0, 0.05) is 44.0 Å². The second-order valence-corrected chi connectivity index (χ2v) is 12.1. The van der Waals surface area contributed by atoms with Crippen LogP contribution in [0.5, 0.6) is 17.2 Å². The van der Waals surface area contributed by atoms with E-state index >= 15 is 0 Å². The first-order valence-corrected chi connectivity index (χ1v) is 15.1. The standard InChI is InChI=1S/C27H34ClFN2O7S/c1-3-10-31(39(34,35)13-4-9-28)12-11-30-16-20(18-5-8-23-24(15-18)38-17-37-23)25(27(32)33)26(30)19-6-7-22(36-2)21(29)14-19/h5-8,14-15,20,25-26H,3-4,9-13,16-17H2,1-2H3,(H,32,33)/t20?,25-,26+/m0/s1. The molecule has 0 spiro atoms. The summed E-state index contributed by atoms with van der Waals surface area (Å²) in [5.74, 6) is -1.63. The molecule has 2 aromatic rings. The zero-order valence-electron chi connectivity index (χ0n) is 22.0. The van der Waals surface area contributed by atoms with Crippen molar-refractivity contribution in [2.75, 3.05) is 51.7 Å². The van der Waals surface area contributed by atoms with Crippen molar-refractivity contribution in [1.29, 1.82) is 0 Å². The summed E-state index contributed by atoms with van der Waals surface area (Å²) in [6, 6.07) is 9.12. The van der Waals surface area contributed by atoms with Crippen LogP contribution < -0.4 is 14.2 Å². The molecule has 1 N–H and O–H groups in total. The summed E-state index contributed by atoms with van der Waals surface area (Å²) in [4.78, 5) is 14.7. The van der Waals surface area contributed by atoms with Crippen LogP contribution in [0.1, 0.15) is 42.9 Å². The van der Waals surface area contributed by atoms with Crippen LogP contribution in [0.15, 0.2) is 36.4 Å². The third-order valence-corrected chi connectivity index (χ3v) is 9.49. The Morgan fingerprint density at radius 2 is 1.92 bits per heavy atom. The maximum absolute atomic E-state index is 14.8. The summed E-state index contributed by atoms with van der Waals surface area (Å²) in [6.45, 7) is 3.11. The van der Waals surface area contributed by atoms with Gasteiger partial charge in [0.25, 0.3) is 0 Å². The van der Waals surface area contributed by atoms with Gasteiger partial charge in [-0.1, -0.05) is 19.1 Å². The molecule has 2 aromatic carbocycles. The predicted octanol–water partition coefficient (Wildman–Crippen LogP) is 4.08. The van der Waals surface area contributed by atoms with Crippen LogP contribution in [0.4, 0.5) is 4.39 Å². The first kappa shape index (κ1) is 29.4. The van der Waals surface area contributed by atoms with Crippen LogP contribution in [0, 0.1) is 11.7 Å². The van der Waals surface area contributed by atoms with E-state index in [1.54, 1.807) is 18.2 Å². The number of fused-ring (bicyclic) bond motifs is 1. The lowest BCUT2D eigenvalue weighted by Crippen LogP contribution is -2.40. The van der Waals surface area contributed by atoms with E-state index in [2.05, 4.69) is 0 Å². The van der Waals surface area contributed by atoms with E-state index in [0.717, 1.165) is 5.56 Å². The topological polar surface area (TPSA) is 106 Å². The molecule has 2 aliphatic rings. The molecule has 12 heteroatoms. The Kier molecular flexibility index (Phi) is 9.58. The molecule has 2 aliphatic heterocycles. The molecule has 1 fully saturated rings. The Morgan fingerprint density at radius 3 is 2.59 bits per heavy atom. The van der Waals surface area contributed by atoms with Crippen molar-refractivity contribution in [3.8, 4) is 17.2 Å². The molecule has 2 heterocycles. The van der Waals surface area contributed by atoms with Gasteiger partial charge in [-0.2, -0.15) is 0 Å². The quantitative estimate of drug-likeness (QED) is 0.351. The molecule has 39 heavy (non-hydrogen) atoms. The van der Waals surface area contributed by atoms with Crippen LogP contribution >= 0.6 is 11.6 Å². The molecule has 0 amide bonds. The summed E-state index contributed by atoms with van der Waals surface area (Å²) < 4.78 is 58.2. The zero-order chi connectivity index (χ0) is 28.2. The van der Waals surface area contributed by atoms with Crippen LogP contribution in [0.25, 0.3) is 0 Å². The van der Waals surface area contributed by atoms with Gasteiger partial charge >= 0.3 is 5.97 Å². The highest BCUT2D eigenvalue weighted by Gasteiger charge is 2.48. The molecule has 214 valence electrons. The lowest BCUT2D eigenvalue weighted by atomic mass is 9.82. The molecule has 9 nitrogen and oxygen atoms in total. The van der Waals surface area contributed by atoms with Crippen molar-refractivity contribution >= 4 is 27.6 Å². The molecule has 0 bridgehead atoms. The van der Waals surface area contributed by atoms with Gasteiger partial charge in [-0.25, -0.2) is 17.1 Å². The Hall–Kier alpha value is -2.60. The van der Waals surface area contributed by atoms with Gasteiger partial charge in [0.2, 0.25) is 16.8 Å². The molecule has 0 aromatic heterocycles. The van der Waals surface area contributed by atoms with Crippen LogP contribution in [-0.2, 0) is 14.8 Å². The summed E-state index contributed by atoms with van der Waals surface area (Å²) in [5, 5.41) is 10.4. The van der Waals surface area contributed by atoms with Gasteiger partial charge in [0.1, 0.15) is 0 Å². The van der Waals surface area contributed by atoms with Crippen molar-refractivity contribution in [2.45, 2.75) is 31.7 Å². The monoisotopic (exact) mass is 584 g/mol. The number of halogens is 2. The molecular formula is C27H34ClFN2O7S. The molecule has 0 radical (unpaired) electrons. The number of carboxylic acid groups (broad SMARTS) is 1. The van der Waals surface area contributed by atoms with Crippen molar-refractivity contribution < 1.29 is 36.9 Å². The minimum absolute atomic E-state index is 0.0544. The van der Waals surface area contributed by atoms with Gasteiger partial charge in [-0.05, 0) is 48.2 Å². The number of alkyl halides is 1. The highest BCUT2D eigenvalue weighted by Crippen LogP contribution is 2.48. The number of sulfonamides is 1. The molecule has 4 rings (SSSR count). The SMILES string of the molecule is CCCN(CCN1CC(c2ccc3c(c2)OCO3)[C@H](C(=O)O)[C@H]1c1ccc(OC)c(F)c1)S(=O)(=O)CCCCl. The fourth-order valence-electron chi connectivity index (χ4n) is 5.45. The second-order valence-electron chi connectivity index (χ2n) is 9.67. The van der Waals surface area contributed by atoms with Crippen LogP contribution in [0.3, 0.4) is 0 Å². The lowest BCUT2D eigenvalue weighted by Gasteiger charge is -2.30. The number of hydrogen-bond acceptors (Lipinski definition) is 7. The summed E-state index contributed by atoms with van der Waals surface area (Å²) in [5.41, 5.74) is 1.24. The van der Waals surface area contributed by atoms with Gasteiger partial charge in [-0.3, -0.25) is 9.69 Å². The molecule has 0 saturated carbocycles. The Labute approximate surface area is 233 Å². The molecule has 1 saturated heterocycles. The number of ether oxygens (including phenoxy) is 3. The summed E-state index contributed by atoms with van der Waals surface area (Å²) in [7, 11) is -2.18. The number of rotatable bonds is 13. The summed E-state index contributed by atoms with van der Waals surface area (Å²) in [6.07, 6.45) is 0.972. The highest BCUT2D eigenvalue weighted by molar-refractivity contribution is 7.89. The van der Waals surface area contributed by atoms with Crippen molar-refractivity contribution in [3.05, 3.63) is 53.3 Å². The second kappa shape index (κ2) is 12.7. The van der Waals surface area contributed by atoms with E-state index in [0.29, 0.717) is 43.0 Å². The van der Waals surface area contributed by atoms with E-state index in [1.807, 2.05) is 17.9 Å². The number of methoxy groups -OCH3 is 1. The van der Waals surface area contributed by atoms with Gasteiger partial charge in [-0.15, -0.1) is 11.6 Å². The number of nitrogens with zero attached hydrogens (tertiary/aromatic N) is 2. The molecule has 3 atom stereocenters. The average molecular weight is 585 g/mol. The van der Waals surface area contributed by atoms with Crippen molar-refractivity contribution in [3.63, 3.8) is 0 Å². The van der Waals surface area contributed by atoms with E-state index in [-0.39, 0.29) is 37.3 Å². The number of aliphatic carboxylic acids is 1. The predicted molar refractivity (Wildman–Crippen MR) is 145 cm³/mol. The average Bonchev–Trinajstić information content (AvgIpc) is 3.54. The number of carboxylic acids is 1. The molecular weight excluding hydrogens is 551 g/mol. The number of hydrogen-bond donors (Lipinski definition) is 1. The normalized spacial score (nSPS) is 21.0. The first-order chi connectivity index (χ1) is 18.7. The third-order valence-electron chi connectivity index (χ3n) is 7.26. The Bertz CT molecular complexity index is 1280. The number of likely N-dealkylation sites (tertiary alicyclic amines) is 1. The van der Waals surface area contributed by atoms with Crippen LogP contribution in [-0.4, -0.2) is 80.4 Å². The number of carbonyl (C=O) groups is 1. The largest absolute Gasteiger partial charge is 0.494 e. The fraction of sp³-hybridized carbons (Fsp3) is 0.519. The van der Waals surface area contributed by atoms with Crippen molar-refractivity contribution in [1.82, 2.24) is 9.21 Å². The first-order valence-electron chi connectivity index (χ1n) is 12.9. The van der Waals surface area contributed by atoms with E-state index in [4.69, 9.17) is 25.8 Å². The summed E-state index contributed by atoms with van der Waals surface area (Å²) >= 11 is 5.74. The van der Waals surface area contributed by atoms with E-state index in [1.165, 1.54) is 23.5 Å². The smallest absolute Gasteiger partial charge is 0.309 e. The van der Waals surface area contributed by atoms with Gasteiger partial charge in [0.05, 0.1) is 18.8 Å². The maximum Gasteiger partial charge on any atom is 0.309 e. The minimum atomic E-state index is -3.54. The van der Waals surface area contributed by atoms with E-state index in [9.17, 15) is 22.7 Å². The van der Waals surface area contributed by atoms with Gasteiger partial charge < -0.3 is 19.3 Å². The third kappa shape index (κ3) is 6.42. The van der Waals surface area contributed by atoms with Crippen molar-refractivity contribution in [2.24, 2.45) is 5.92 Å². The Balaban J connectivity index is 1.69. The molecule has 1 unspecified atom stereocenters. The number of benzene rings is 2. The lowest BCUT2D eigenvalue weighted by molar-refractivity contribution is -0.143. The zero-order valence-corrected chi connectivity index (χ0v) is 23.6.